The maximum atomic E-state index is 13.0. The van der Waals surface area contributed by atoms with E-state index < -0.39 is 25.2 Å². The highest BCUT2D eigenvalue weighted by atomic mass is 127. The molecule has 1 aromatic rings. The van der Waals surface area contributed by atoms with Gasteiger partial charge in [0.25, 0.3) is 0 Å². The first-order valence-electron chi connectivity index (χ1n) is 8.02. The lowest BCUT2D eigenvalue weighted by Crippen LogP contribution is -2.51. The number of nitrogens with zero attached hydrogens (tertiary/aromatic N) is 4. The Bertz CT molecular complexity index is 645. The highest BCUT2D eigenvalue weighted by Gasteiger charge is 2.31. The van der Waals surface area contributed by atoms with Crippen LogP contribution in [0.2, 0.25) is 0 Å². The smallest absolute Gasteiger partial charge is 0.370 e. The van der Waals surface area contributed by atoms with Crippen molar-refractivity contribution in [1.82, 2.24) is 9.80 Å². The van der Waals surface area contributed by atoms with Gasteiger partial charge in [0, 0.05) is 38.9 Å². The molecule has 2 rings (SSSR count). The van der Waals surface area contributed by atoms with E-state index in [0.717, 1.165) is 12.7 Å². The van der Waals surface area contributed by atoms with Crippen LogP contribution in [0.5, 0.6) is 0 Å². The van der Waals surface area contributed by atoms with Gasteiger partial charge in [0.15, 0.2) is 5.96 Å². The van der Waals surface area contributed by atoms with Crippen LogP contribution in [0.4, 0.5) is 23.2 Å². The third kappa shape index (κ3) is 7.39. The van der Waals surface area contributed by atoms with E-state index in [1.807, 2.05) is 0 Å². The van der Waals surface area contributed by atoms with E-state index in [1.54, 1.807) is 17.0 Å². The van der Waals surface area contributed by atoms with Gasteiger partial charge in [-0.05, 0) is 24.3 Å². The monoisotopic (exact) mass is 503 g/mol. The number of benzene rings is 1. The molecule has 1 saturated heterocycles. The first-order chi connectivity index (χ1) is 12.2. The van der Waals surface area contributed by atoms with Crippen molar-refractivity contribution in [2.45, 2.75) is 6.18 Å². The molecular weight excluding hydrogens is 481 g/mol. The van der Waals surface area contributed by atoms with Crippen molar-refractivity contribution in [3.8, 4) is 0 Å². The molecular formula is C16H22F4IN5O. The zero-order chi connectivity index (χ0) is 19.3. The minimum absolute atomic E-state index is 0. The van der Waals surface area contributed by atoms with Gasteiger partial charge in [0.2, 0.25) is 5.91 Å². The zero-order valence-electron chi connectivity index (χ0n) is 14.7. The largest absolute Gasteiger partial charge is 0.406 e. The second kappa shape index (κ2) is 9.95. The third-order valence-corrected chi connectivity index (χ3v) is 4.01. The zero-order valence-corrected chi connectivity index (χ0v) is 17.1. The van der Waals surface area contributed by atoms with Gasteiger partial charge >= 0.3 is 6.18 Å². The molecule has 1 fully saturated rings. The average molecular weight is 503 g/mol. The van der Waals surface area contributed by atoms with Crippen LogP contribution in [0.25, 0.3) is 0 Å². The van der Waals surface area contributed by atoms with Crippen molar-refractivity contribution < 1.29 is 22.4 Å². The third-order valence-electron chi connectivity index (χ3n) is 4.01. The van der Waals surface area contributed by atoms with Crippen LogP contribution in [0.3, 0.4) is 0 Å². The second-order valence-electron chi connectivity index (χ2n) is 5.99. The number of guanidine groups is 1. The molecule has 6 nitrogen and oxygen atoms in total. The molecule has 2 N–H and O–H groups in total. The predicted molar refractivity (Wildman–Crippen MR) is 106 cm³/mol. The summed E-state index contributed by atoms with van der Waals surface area (Å²) in [6.45, 7) is 0.584. The summed E-state index contributed by atoms with van der Waals surface area (Å²) in [5.41, 5.74) is 6.74. The number of halogens is 5. The average Bonchev–Trinajstić information content (AvgIpc) is 2.58. The van der Waals surface area contributed by atoms with Crippen LogP contribution < -0.4 is 10.6 Å². The van der Waals surface area contributed by atoms with Crippen molar-refractivity contribution in [3.63, 3.8) is 0 Å². The highest BCUT2D eigenvalue weighted by molar-refractivity contribution is 14.0. The molecule has 0 radical (unpaired) electrons. The Morgan fingerprint density at radius 3 is 2.26 bits per heavy atom. The van der Waals surface area contributed by atoms with Gasteiger partial charge in [-0.1, -0.05) is 0 Å². The molecule has 0 bridgehead atoms. The SMILES string of the molecule is CN(CC(F)(F)F)C(=O)CN=C(N)N1CCN(c2ccc(F)cc2)CC1.I. The second-order valence-corrected chi connectivity index (χ2v) is 5.99. The van der Waals surface area contributed by atoms with E-state index >= 15 is 0 Å². The van der Waals surface area contributed by atoms with Gasteiger partial charge < -0.3 is 20.4 Å². The fourth-order valence-corrected chi connectivity index (χ4v) is 2.57. The highest BCUT2D eigenvalue weighted by Crippen LogP contribution is 2.17. The van der Waals surface area contributed by atoms with Crippen molar-refractivity contribution in [1.29, 1.82) is 0 Å². The van der Waals surface area contributed by atoms with Crippen LogP contribution in [-0.4, -0.2) is 74.2 Å². The number of anilines is 1. The first kappa shape index (κ1) is 23.2. The molecule has 1 aliphatic heterocycles. The minimum atomic E-state index is -4.45. The van der Waals surface area contributed by atoms with E-state index in [1.165, 1.54) is 12.1 Å². The Morgan fingerprint density at radius 1 is 1.19 bits per heavy atom. The molecule has 1 aromatic carbocycles. The van der Waals surface area contributed by atoms with Gasteiger partial charge in [-0.2, -0.15) is 13.2 Å². The Hall–Kier alpha value is -1.79. The number of carbonyl (C=O) groups is 1. The molecule has 0 atom stereocenters. The summed E-state index contributed by atoms with van der Waals surface area (Å²) in [5, 5.41) is 0. The molecule has 0 unspecified atom stereocenters. The van der Waals surface area contributed by atoms with Gasteiger partial charge in [0.05, 0.1) is 0 Å². The van der Waals surface area contributed by atoms with E-state index in [-0.39, 0.29) is 35.8 Å². The predicted octanol–water partition coefficient (Wildman–Crippen LogP) is 1.90. The maximum Gasteiger partial charge on any atom is 0.406 e. The number of hydrogen-bond donors (Lipinski definition) is 1. The number of piperazine rings is 1. The van der Waals surface area contributed by atoms with E-state index in [0.29, 0.717) is 31.1 Å². The summed E-state index contributed by atoms with van der Waals surface area (Å²) in [5.74, 6) is -0.934. The normalized spacial score (nSPS) is 15.4. The fourth-order valence-electron chi connectivity index (χ4n) is 2.57. The molecule has 0 saturated carbocycles. The van der Waals surface area contributed by atoms with Gasteiger partial charge in [-0.25, -0.2) is 9.38 Å². The van der Waals surface area contributed by atoms with Crippen LogP contribution >= 0.6 is 24.0 Å². The lowest BCUT2D eigenvalue weighted by atomic mass is 10.2. The number of aliphatic imine (C=N–C) groups is 1. The number of likely N-dealkylation sites (N-methyl/N-ethyl adjacent to an activating group) is 1. The number of rotatable bonds is 4. The van der Waals surface area contributed by atoms with Crippen molar-refractivity contribution >= 4 is 41.5 Å². The Morgan fingerprint density at radius 2 is 1.74 bits per heavy atom. The number of nitrogens with two attached hydrogens (primary N) is 1. The molecule has 0 aromatic heterocycles. The molecule has 27 heavy (non-hydrogen) atoms. The van der Waals surface area contributed by atoms with Crippen LogP contribution in [-0.2, 0) is 4.79 Å². The summed E-state index contributed by atoms with van der Waals surface area (Å²) in [7, 11) is 1.07. The summed E-state index contributed by atoms with van der Waals surface area (Å²) in [6.07, 6.45) is -4.45. The standard InChI is InChI=1S/C16H21F4N5O.HI/c1-23(11-16(18,19)20)14(26)10-22-15(21)25-8-6-24(7-9-25)13-4-2-12(17)3-5-13;/h2-5H,6-11H2,1H3,(H2,21,22);1H. The lowest BCUT2D eigenvalue weighted by molar-refractivity contribution is -0.157. The van der Waals surface area contributed by atoms with Crippen molar-refractivity contribution in [2.24, 2.45) is 10.7 Å². The van der Waals surface area contributed by atoms with Gasteiger partial charge in [0.1, 0.15) is 18.9 Å². The van der Waals surface area contributed by atoms with E-state index in [2.05, 4.69) is 9.89 Å². The fraction of sp³-hybridized carbons (Fsp3) is 0.500. The quantitative estimate of drug-likeness (QED) is 0.295. The van der Waals surface area contributed by atoms with Crippen LogP contribution in [0.15, 0.2) is 29.3 Å². The molecule has 1 amide bonds. The minimum Gasteiger partial charge on any atom is -0.370 e. The van der Waals surface area contributed by atoms with E-state index in [4.69, 9.17) is 5.73 Å². The summed E-state index contributed by atoms with van der Waals surface area (Å²) in [6, 6.07) is 6.16. The number of carbonyl (C=O) groups excluding carboxylic acids is 1. The number of hydrogen-bond acceptors (Lipinski definition) is 3. The summed E-state index contributed by atoms with van der Waals surface area (Å²) >= 11 is 0. The Labute approximate surface area is 172 Å². The van der Waals surface area contributed by atoms with Crippen molar-refractivity contribution in [3.05, 3.63) is 30.1 Å². The Kier molecular flexibility index (Phi) is 8.57. The molecule has 1 aliphatic rings. The van der Waals surface area contributed by atoms with Gasteiger partial charge in [-0.3, -0.25) is 4.79 Å². The topological polar surface area (TPSA) is 65.2 Å². The molecule has 152 valence electrons. The van der Waals surface area contributed by atoms with E-state index in [9.17, 15) is 22.4 Å². The van der Waals surface area contributed by atoms with Crippen molar-refractivity contribution in [2.75, 3.05) is 51.2 Å². The maximum absolute atomic E-state index is 13.0. The summed E-state index contributed by atoms with van der Waals surface area (Å²) < 4.78 is 49.8. The molecule has 0 aliphatic carbocycles. The Balaban J connectivity index is 0.00000364. The number of alkyl halides is 3. The van der Waals surface area contributed by atoms with Crippen LogP contribution in [0, 0.1) is 5.82 Å². The first-order valence-corrected chi connectivity index (χ1v) is 8.02. The molecule has 0 spiro atoms. The van der Waals surface area contributed by atoms with Crippen LogP contribution in [0.1, 0.15) is 0 Å². The molecule has 1 heterocycles. The van der Waals surface area contributed by atoms with Gasteiger partial charge in [-0.15, -0.1) is 24.0 Å². The lowest BCUT2D eigenvalue weighted by Gasteiger charge is -2.36. The summed E-state index contributed by atoms with van der Waals surface area (Å²) in [4.78, 5) is 20.0. The molecule has 11 heteroatoms. The number of amides is 1.